The van der Waals surface area contributed by atoms with E-state index in [9.17, 15) is 9.18 Å². The Morgan fingerprint density at radius 3 is 2.72 bits per heavy atom. The number of benzene rings is 2. The Bertz CT molecular complexity index is 1310. The summed E-state index contributed by atoms with van der Waals surface area (Å²) in [5.41, 5.74) is 4.97. The lowest BCUT2D eigenvalue weighted by Gasteiger charge is -2.26. The number of amides is 1. The lowest BCUT2D eigenvalue weighted by atomic mass is 10.1. The zero-order valence-corrected chi connectivity index (χ0v) is 17.9. The summed E-state index contributed by atoms with van der Waals surface area (Å²) in [5, 5.41) is 6.77. The molecule has 4 aromatic rings. The number of halogens is 1. The minimum atomic E-state index is -0.443. The van der Waals surface area contributed by atoms with Gasteiger partial charge in [0.2, 0.25) is 0 Å². The Morgan fingerprint density at radius 2 is 2.00 bits per heavy atom. The minimum absolute atomic E-state index is 0.294. The summed E-state index contributed by atoms with van der Waals surface area (Å²) in [6.07, 6.45) is 7.68. The molecule has 2 aromatic heterocycles. The van der Waals surface area contributed by atoms with Crippen molar-refractivity contribution in [3.05, 3.63) is 66.4 Å². The van der Waals surface area contributed by atoms with Crippen molar-refractivity contribution >= 4 is 28.3 Å². The van der Waals surface area contributed by atoms with Crippen molar-refractivity contribution in [2.24, 2.45) is 13.0 Å². The van der Waals surface area contributed by atoms with Crippen LogP contribution in [-0.4, -0.2) is 39.2 Å². The molecule has 0 unspecified atom stereocenters. The molecule has 162 valence electrons. The first-order valence-electron chi connectivity index (χ1n) is 10.6. The molecule has 1 amide bonds. The van der Waals surface area contributed by atoms with Gasteiger partial charge in [0, 0.05) is 49.3 Å². The summed E-state index contributed by atoms with van der Waals surface area (Å²) < 4.78 is 16.1. The fourth-order valence-electron chi connectivity index (χ4n) is 3.78. The van der Waals surface area contributed by atoms with E-state index in [-0.39, 0.29) is 5.91 Å². The molecule has 0 spiro atoms. The number of rotatable bonds is 6. The van der Waals surface area contributed by atoms with Gasteiger partial charge < -0.3 is 10.2 Å². The van der Waals surface area contributed by atoms with E-state index in [1.807, 2.05) is 31.4 Å². The van der Waals surface area contributed by atoms with Crippen LogP contribution in [0, 0.1) is 11.7 Å². The van der Waals surface area contributed by atoms with Crippen LogP contribution in [0.15, 0.2) is 55.0 Å². The second-order valence-electron chi connectivity index (χ2n) is 8.16. The summed E-state index contributed by atoms with van der Waals surface area (Å²) in [4.78, 5) is 23.5. The topological polar surface area (TPSA) is 75.9 Å². The lowest BCUT2D eigenvalue weighted by molar-refractivity contribution is 0.0962. The van der Waals surface area contributed by atoms with E-state index in [2.05, 4.69) is 20.3 Å². The molecule has 1 fully saturated rings. The molecule has 0 aliphatic heterocycles. The fraction of sp³-hybridized carbons (Fsp3) is 0.250. The van der Waals surface area contributed by atoms with Gasteiger partial charge in [-0.1, -0.05) is 0 Å². The molecule has 8 heteroatoms. The van der Waals surface area contributed by atoms with Crippen molar-refractivity contribution in [1.82, 2.24) is 25.1 Å². The molecule has 2 aromatic carbocycles. The molecule has 1 saturated carbocycles. The number of hydrogen-bond acceptors (Lipinski definition) is 5. The molecule has 5 rings (SSSR count). The highest BCUT2D eigenvalue weighted by Gasteiger charge is 2.26. The summed E-state index contributed by atoms with van der Waals surface area (Å²) in [5.74, 6) is -0.214. The van der Waals surface area contributed by atoms with E-state index in [1.54, 1.807) is 23.1 Å². The molecule has 0 saturated heterocycles. The van der Waals surface area contributed by atoms with E-state index in [0.717, 1.165) is 47.4 Å². The largest absolute Gasteiger partial charge is 0.355 e. The average Bonchev–Trinajstić information content (AvgIpc) is 3.53. The van der Waals surface area contributed by atoms with Crippen molar-refractivity contribution in [1.29, 1.82) is 0 Å². The van der Waals surface area contributed by atoms with Gasteiger partial charge in [-0.15, -0.1) is 0 Å². The van der Waals surface area contributed by atoms with Gasteiger partial charge in [0.15, 0.2) is 0 Å². The Hall–Kier alpha value is -3.81. The highest BCUT2D eigenvalue weighted by Crippen LogP contribution is 2.36. The van der Waals surface area contributed by atoms with Crippen molar-refractivity contribution in [2.75, 3.05) is 18.5 Å². The van der Waals surface area contributed by atoms with E-state index in [4.69, 9.17) is 4.98 Å². The average molecular weight is 430 g/mol. The third kappa shape index (κ3) is 4.03. The van der Waals surface area contributed by atoms with E-state index < -0.39 is 5.82 Å². The maximum absolute atomic E-state index is 14.4. The number of nitrogens with zero attached hydrogens (tertiary/aromatic N) is 5. The molecule has 1 aliphatic rings. The summed E-state index contributed by atoms with van der Waals surface area (Å²) in [6, 6.07) is 10.3. The molecule has 2 heterocycles. The summed E-state index contributed by atoms with van der Waals surface area (Å²) >= 11 is 0. The quantitative estimate of drug-likeness (QED) is 0.499. The van der Waals surface area contributed by atoms with Crippen LogP contribution in [0.1, 0.15) is 23.2 Å². The summed E-state index contributed by atoms with van der Waals surface area (Å²) in [7, 11) is 3.40. The molecule has 7 nitrogen and oxygen atoms in total. The Labute approximate surface area is 184 Å². The van der Waals surface area contributed by atoms with Crippen LogP contribution >= 0.6 is 0 Å². The number of aromatic nitrogens is 4. The van der Waals surface area contributed by atoms with Crippen LogP contribution in [0.25, 0.3) is 22.3 Å². The van der Waals surface area contributed by atoms with Crippen LogP contribution < -0.4 is 10.2 Å². The lowest BCUT2D eigenvalue weighted by Crippen LogP contribution is -2.22. The normalized spacial score (nSPS) is 13.3. The number of fused-ring (bicyclic) bond motifs is 1. The smallest absolute Gasteiger partial charge is 0.251 e. The van der Waals surface area contributed by atoms with E-state index >= 15 is 0 Å². The first-order valence-corrected chi connectivity index (χ1v) is 10.6. The Balaban J connectivity index is 1.58. The third-order valence-electron chi connectivity index (χ3n) is 5.66. The zero-order valence-electron chi connectivity index (χ0n) is 17.9. The van der Waals surface area contributed by atoms with E-state index in [1.165, 1.54) is 19.2 Å². The van der Waals surface area contributed by atoms with Crippen LogP contribution in [-0.2, 0) is 7.05 Å². The van der Waals surface area contributed by atoms with Crippen molar-refractivity contribution < 1.29 is 9.18 Å². The molecule has 1 N–H and O–H groups in total. The highest BCUT2D eigenvalue weighted by molar-refractivity contribution is 5.95. The van der Waals surface area contributed by atoms with Gasteiger partial charge in [0.05, 0.1) is 29.1 Å². The van der Waals surface area contributed by atoms with Gasteiger partial charge in [0.1, 0.15) is 5.82 Å². The first kappa shape index (κ1) is 20.1. The van der Waals surface area contributed by atoms with Crippen molar-refractivity contribution in [2.45, 2.75) is 12.8 Å². The number of nitrogens with one attached hydrogen (secondary N) is 1. The first-order chi connectivity index (χ1) is 15.5. The molecule has 32 heavy (non-hydrogen) atoms. The number of anilines is 2. The number of carbonyl (C=O) groups excluding carboxylic acids is 1. The molecular formula is C24H23FN6O. The maximum Gasteiger partial charge on any atom is 0.251 e. The van der Waals surface area contributed by atoms with E-state index in [0.29, 0.717) is 17.2 Å². The van der Waals surface area contributed by atoms with Gasteiger partial charge in [-0.3, -0.25) is 14.5 Å². The molecule has 0 bridgehead atoms. The number of hydrogen-bond donors (Lipinski definition) is 1. The zero-order chi connectivity index (χ0) is 22.2. The van der Waals surface area contributed by atoms with Crippen LogP contribution in [0.3, 0.4) is 0 Å². The third-order valence-corrected chi connectivity index (χ3v) is 5.66. The standard InChI is InChI=1S/C24H23FN6O/c1-26-24(32)16-7-18(25)9-20(8-16)31(13-15-3-4-15)19-5-6-21-22(10-19)29-23(12-27-21)17-11-28-30(2)14-17/h5-12,14-15H,3-4,13H2,1-2H3,(H,26,32). The summed E-state index contributed by atoms with van der Waals surface area (Å²) in [6.45, 7) is 0.748. The fourth-order valence-corrected chi connectivity index (χ4v) is 3.78. The second-order valence-corrected chi connectivity index (χ2v) is 8.16. The monoisotopic (exact) mass is 430 g/mol. The van der Waals surface area contributed by atoms with Crippen LogP contribution in [0.2, 0.25) is 0 Å². The van der Waals surface area contributed by atoms with Gasteiger partial charge in [-0.25, -0.2) is 9.37 Å². The van der Waals surface area contributed by atoms with Crippen molar-refractivity contribution in [3.8, 4) is 11.3 Å². The van der Waals surface area contributed by atoms with Gasteiger partial charge in [-0.05, 0) is 55.2 Å². The molecule has 0 atom stereocenters. The molecule has 1 aliphatic carbocycles. The highest BCUT2D eigenvalue weighted by atomic mass is 19.1. The number of carbonyl (C=O) groups is 1. The number of aryl methyl sites for hydroxylation is 1. The predicted octanol–water partition coefficient (Wildman–Crippen LogP) is 4.08. The van der Waals surface area contributed by atoms with Gasteiger partial charge in [0.25, 0.3) is 5.91 Å². The minimum Gasteiger partial charge on any atom is -0.355 e. The van der Waals surface area contributed by atoms with Crippen molar-refractivity contribution in [3.63, 3.8) is 0 Å². The van der Waals surface area contributed by atoms with Gasteiger partial charge in [-0.2, -0.15) is 5.10 Å². The Morgan fingerprint density at radius 1 is 1.16 bits per heavy atom. The van der Waals surface area contributed by atoms with Gasteiger partial charge >= 0.3 is 0 Å². The Kier molecular flexibility index (Phi) is 5.05. The SMILES string of the molecule is CNC(=O)c1cc(F)cc(N(CC2CC2)c2ccc3ncc(-c4cnn(C)c4)nc3c2)c1. The molecule has 0 radical (unpaired) electrons. The van der Waals surface area contributed by atoms with Crippen LogP contribution in [0.4, 0.5) is 15.8 Å². The molecular weight excluding hydrogens is 407 g/mol. The second kappa shape index (κ2) is 8.03. The van der Waals surface area contributed by atoms with Crippen LogP contribution in [0.5, 0.6) is 0 Å². The predicted molar refractivity (Wildman–Crippen MR) is 121 cm³/mol. The maximum atomic E-state index is 14.4.